The van der Waals surface area contributed by atoms with Crippen LogP contribution in [-0.2, 0) is 9.84 Å². The molecule has 0 radical (unpaired) electrons. The monoisotopic (exact) mass is 355 g/mol. The molecule has 2 N–H and O–H groups in total. The third-order valence-electron chi connectivity index (χ3n) is 3.46. The summed E-state index contributed by atoms with van der Waals surface area (Å²) in [5.74, 6) is 0.374. The van der Waals surface area contributed by atoms with Gasteiger partial charge in [0.15, 0.2) is 9.84 Å². The van der Waals surface area contributed by atoms with Crippen LogP contribution >= 0.6 is 15.9 Å². The summed E-state index contributed by atoms with van der Waals surface area (Å²) in [7, 11) is -2.93. The Bertz CT molecular complexity index is 737. The summed E-state index contributed by atoms with van der Waals surface area (Å²) in [4.78, 5) is 0. The topological polar surface area (TPSA) is 78.0 Å². The van der Waals surface area contributed by atoms with Crippen LogP contribution in [0.3, 0.4) is 0 Å². The first-order valence-corrected chi connectivity index (χ1v) is 8.87. The molecule has 1 unspecified atom stereocenters. The van der Waals surface area contributed by atoms with Gasteiger partial charge in [0.1, 0.15) is 5.69 Å². The number of benzene rings is 1. The van der Waals surface area contributed by atoms with Crippen molar-refractivity contribution in [3.63, 3.8) is 0 Å². The number of nitrogens with two attached hydrogens (primary N) is 1. The van der Waals surface area contributed by atoms with Gasteiger partial charge in [-0.2, -0.15) is 5.10 Å². The zero-order chi connectivity index (χ0) is 14.3. The number of anilines is 1. The fraction of sp³-hybridized carbons (Fsp3) is 0.308. The fourth-order valence-corrected chi connectivity index (χ4v) is 4.38. The lowest BCUT2D eigenvalue weighted by atomic mass is 10.1. The van der Waals surface area contributed by atoms with E-state index in [2.05, 4.69) is 21.0 Å². The van der Waals surface area contributed by atoms with Crippen LogP contribution in [0.5, 0.6) is 0 Å². The standard InChI is InChI=1S/C13H14BrN3O2S/c14-10-3-1-9(2-4-10)13-12(15)7-17(16-13)11-5-6-20(18,19)8-11/h1-4,7,11H,5-6,8,15H2. The zero-order valence-corrected chi connectivity index (χ0v) is 13.1. The van der Waals surface area contributed by atoms with E-state index in [0.717, 1.165) is 10.0 Å². The van der Waals surface area contributed by atoms with E-state index < -0.39 is 9.84 Å². The maximum Gasteiger partial charge on any atom is 0.152 e. The van der Waals surface area contributed by atoms with E-state index in [0.29, 0.717) is 17.8 Å². The first-order chi connectivity index (χ1) is 9.44. The van der Waals surface area contributed by atoms with Crippen LogP contribution in [0.2, 0.25) is 0 Å². The van der Waals surface area contributed by atoms with Gasteiger partial charge >= 0.3 is 0 Å². The van der Waals surface area contributed by atoms with Gasteiger partial charge < -0.3 is 5.73 Å². The Balaban J connectivity index is 1.94. The molecule has 20 heavy (non-hydrogen) atoms. The highest BCUT2D eigenvalue weighted by Crippen LogP contribution is 2.29. The van der Waals surface area contributed by atoms with E-state index >= 15 is 0 Å². The number of aromatic nitrogens is 2. The largest absolute Gasteiger partial charge is 0.396 e. The molecule has 1 fully saturated rings. The molecule has 5 nitrogen and oxygen atoms in total. The molecule has 1 aromatic heterocycles. The Hall–Kier alpha value is -1.34. The minimum absolute atomic E-state index is 0.105. The first-order valence-electron chi connectivity index (χ1n) is 6.25. The van der Waals surface area contributed by atoms with Gasteiger partial charge in [0.2, 0.25) is 0 Å². The van der Waals surface area contributed by atoms with E-state index in [1.54, 1.807) is 10.9 Å². The van der Waals surface area contributed by atoms with Crippen molar-refractivity contribution in [2.24, 2.45) is 0 Å². The number of halogens is 1. The highest BCUT2D eigenvalue weighted by molar-refractivity contribution is 9.10. The van der Waals surface area contributed by atoms with E-state index in [4.69, 9.17) is 5.73 Å². The molecule has 3 rings (SSSR count). The number of hydrogen-bond donors (Lipinski definition) is 1. The number of nitrogens with zero attached hydrogens (tertiary/aromatic N) is 2. The van der Waals surface area contributed by atoms with Crippen molar-refractivity contribution in [2.45, 2.75) is 12.5 Å². The molecular weight excluding hydrogens is 342 g/mol. The zero-order valence-electron chi connectivity index (χ0n) is 10.7. The third-order valence-corrected chi connectivity index (χ3v) is 5.74. The van der Waals surface area contributed by atoms with Crippen molar-refractivity contribution in [3.05, 3.63) is 34.9 Å². The molecule has 2 heterocycles. The fourth-order valence-electron chi connectivity index (χ4n) is 2.41. The van der Waals surface area contributed by atoms with Gasteiger partial charge in [0, 0.05) is 16.2 Å². The second-order valence-corrected chi connectivity index (χ2v) is 8.12. The molecule has 0 spiro atoms. The molecule has 1 aromatic carbocycles. The van der Waals surface area contributed by atoms with Crippen LogP contribution in [-0.4, -0.2) is 29.7 Å². The van der Waals surface area contributed by atoms with E-state index in [-0.39, 0.29) is 17.5 Å². The Morgan fingerprint density at radius 1 is 1.30 bits per heavy atom. The molecule has 1 aliphatic heterocycles. The lowest BCUT2D eigenvalue weighted by molar-refractivity contribution is 0.501. The highest BCUT2D eigenvalue weighted by atomic mass is 79.9. The van der Waals surface area contributed by atoms with Crippen LogP contribution in [0.4, 0.5) is 5.69 Å². The average Bonchev–Trinajstić information content (AvgIpc) is 2.94. The van der Waals surface area contributed by atoms with Crippen LogP contribution in [0.25, 0.3) is 11.3 Å². The summed E-state index contributed by atoms with van der Waals surface area (Å²) < 4.78 is 25.8. The average molecular weight is 356 g/mol. The molecule has 0 saturated carbocycles. The Labute approximate surface area is 125 Å². The lowest BCUT2D eigenvalue weighted by Crippen LogP contribution is -2.11. The molecule has 0 bridgehead atoms. The molecule has 2 aromatic rings. The van der Waals surface area contributed by atoms with Crippen LogP contribution in [0.1, 0.15) is 12.5 Å². The molecule has 0 aliphatic carbocycles. The van der Waals surface area contributed by atoms with Crippen molar-refractivity contribution in [1.29, 1.82) is 0 Å². The maximum absolute atomic E-state index is 11.5. The van der Waals surface area contributed by atoms with E-state index in [9.17, 15) is 8.42 Å². The summed E-state index contributed by atoms with van der Waals surface area (Å²) in [6.45, 7) is 0. The van der Waals surface area contributed by atoms with Crippen LogP contribution in [0.15, 0.2) is 34.9 Å². The summed E-state index contributed by atoms with van der Waals surface area (Å²) in [5.41, 5.74) is 8.19. The van der Waals surface area contributed by atoms with Crippen molar-refractivity contribution < 1.29 is 8.42 Å². The van der Waals surface area contributed by atoms with Crippen molar-refractivity contribution >= 4 is 31.5 Å². The second-order valence-electron chi connectivity index (χ2n) is 4.98. The van der Waals surface area contributed by atoms with Gasteiger partial charge in [-0.3, -0.25) is 4.68 Å². The minimum atomic E-state index is -2.93. The summed E-state index contributed by atoms with van der Waals surface area (Å²) in [6.07, 6.45) is 2.33. The summed E-state index contributed by atoms with van der Waals surface area (Å²) in [6, 6.07) is 7.60. The normalized spacial score (nSPS) is 21.1. The van der Waals surface area contributed by atoms with Gasteiger partial charge in [0.25, 0.3) is 0 Å². The van der Waals surface area contributed by atoms with Crippen molar-refractivity contribution in [3.8, 4) is 11.3 Å². The Morgan fingerprint density at radius 3 is 2.60 bits per heavy atom. The molecule has 1 aliphatic rings. The van der Waals surface area contributed by atoms with E-state index in [1.165, 1.54) is 0 Å². The molecular formula is C13H14BrN3O2S. The number of hydrogen-bond acceptors (Lipinski definition) is 4. The van der Waals surface area contributed by atoms with Gasteiger partial charge in [-0.15, -0.1) is 0 Å². The van der Waals surface area contributed by atoms with Gasteiger partial charge in [-0.05, 0) is 18.6 Å². The van der Waals surface area contributed by atoms with Crippen LogP contribution < -0.4 is 5.73 Å². The predicted octanol–water partition coefficient (Wildman–Crippen LogP) is 2.25. The minimum Gasteiger partial charge on any atom is -0.396 e. The van der Waals surface area contributed by atoms with Crippen molar-refractivity contribution in [2.75, 3.05) is 17.2 Å². The van der Waals surface area contributed by atoms with Gasteiger partial charge in [0.05, 0.1) is 23.2 Å². The molecule has 0 amide bonds. The number of sulfone groups is 1. The van der Waals surface area contributed by atoms with Crippen LogP contribution in [0, 0.1) is 0 Å². The summed E-state index contributed by atoms with van der Waals surface area (Å²) in [5, 5.41) is 4.47. The molecule has 106 valence electrons. The Morgan fingerprint density at radius 2 is 2.00 bits per heavy atom. The highest BCUT2D eigenvalue weighted by Gasteiger charge is 2.30. The molecule has 7 heteroatoms. The smallest absolute Gasteiger partial charge is 0.152 e. The van der Waals surface area contributed by atoms with Gasteiger partial charge in [-0.25, -0.2) is 8.42 Å². The molecule has 1 saturated heterocycles. The van der Waals surface area contributed by atoms with Gasteiger partial charge in [-0.1, -0.05) is 28.1 Å². The SMILES string of the molecule is Nc1cn(C2CCS(=O)(=O)C2)nc1-c1ccc(Br)cc1. The summed E-state index contributed by atoms with van der Waals surface area (Å²) >= 11 is 3.38. The number of rotatable bonds is 2. The number of nitrogen functional groups attached to an aromatic ring is 1. The van der Waals surface area contributed by atoms with E-state index in [1.807, 2.05) is 24.3 Å². The third kappa shape index (κ3) is 2.60. The lowest BCUT2D eigenvalue weighted by Gasteiger charge is -2.07. The van der Waals surface area contributed by atoms with Crippen molar-refractivity contribution in [1.82, 2.24) is 9.78 Å². The Kier molecular flexibility index (Phi) is 3.33. The first kappa shape index (κ1) is 13.6. The maximum atomic E-state index is 11.5. The predicted molar refractivity (Wildman–Crippen MR) is 82.1 cm³/mol. The quantitative estimate of drug-likeness (QED) is 0.895. The molecule has 1 atom stereocenters. The second kappa shape index (κ2) is 4.89.